The molecule has 1 heterocycles. The highest BCUT2D eigenvalue weighted by molar-refractivity contribution is 5.96. The third-order valence-electron chi connectivity index (χ3n) is 4.33. The lowest BCUT2D eigenvalue weighted by molar-refractivity contribution is -0.119. The highest BCUT2D eigenvalue weighted by Crippen LogP contribution is 2.33. The van der Waals surface area contributed by atoms with E-state index in [9.17, 15) is 4.79 Å². The van der Waals surface area contributed by atoms with E-state index in [2.05, 4.69) is 38.1 Å². The molecule has 0 N–H and O–H groups in total. The van der Waals surface area contributed by atoms with Crippen molar-refractivity contribution in [1.29, 1.82) is 0 Å². The van der Waals surface area contributed by atoms with Crippen molar-refractivity contribution < 1.29 is 4.79 Å². The standard InChI is InChI=1S/C19H21NO/c1-14(16-8-4-3-5-9-16)12-19(21)20-15(2)13-17-10-6-7-11-18(17)20/h3-11,14-15H,12-13H2,1-2H3. The van der Waals surface area contributed by atoms with Gasteiger partial charge in [-0.2, -0.15) is 0 Å². The molecule has 1 aliphatic heterocycles. The summed E-state index contributed by atoms with van der Waals surface area (Å²) < 4.78 is 0. The number of nitrogens with zero attached hydrogens (tertiary/aromatic N) is 1. The lowest BCUT2D eigenvalue weighted by atomic mass is 9.97. The molecule has 0 aliphatic carbocycles. The van der Waals surface area contributed by atoms with Gasteiger partial charge in [-0.15, -0.1) is 0 Å². The zero-order chi connectivity index (χ0) is 14.8. The summed E-state index contributed by atoms with van der Waals surface area (Å²) in [5.41, 5.74) is 3.60. The first-order valence-electron chi connectivity index (χ1n) is 7.61. The average Bonchev–Trinajstić information content (AvgIpc) is 2.83. The number of rotatable bonds is 3. The second kappa shape index (κ2) is 5.72. The fourth-order valence-corrected chi connectivity index (χ4v) is 3.21. The van der Waals surface area contributed by atoms with Gasteiger partial charge in [0.1, 0.15) is 0 Å². The first-order chi connectivity index (χ1) is 10.2. The van der Waals surface area contributed by atoms with Crippen molar-refractivity contribution in [3.63, 3.8) is 0 Å². The normalized spacial score (nSPS) is 18.4. The van der Waals surface area contributed by atoms with Crippen molar-refractivity contribution in [2.45, 2.75) is 38.6 Å². The zero-order valence-corrected chi connectivity index (χ0v) is 12.6. The number of fused-ring (bicyclic) bond motifs is 1. The molecule has 3 rings (SSSR count). The molecule has 2 atom stereocenters. The topological polar surface area (TPSA) is 20.3 Å². The minimum atomic E-state index is 0.226. The van der Waals surface area contributed by atoms with E-state index in [0.29, 0.717) is 6.42 Å². The Bertz CT molecular complexity index is 635. The molecule has 2 aromatic carbocycles. The number of para-hydroxylation sites is 1. The van der Waals surface area contributed by atoms with Crippen LogP contribution in [0.15, 0.2) is 54.6 Å². The number of anilines is 1. The molecule has 0 fully saturated rings. The molecule has 1 aliphatic rings. The van der Waals surface area contributed by atoms with Crippen LogP contribution in [0.25, 0.3) is 0 Å². The summed E-state index contributed by atoms with van der Waals surface area (Å²) in [6.07, 6.45) is 1.52. The van der Waals surface area contributed by atoms with Gasteiger partial charge in [-0.05, 0) is 36.5 Å². The van der Waals surface area contributed by atoms with Gasteiger partial charge in [-0.3, -0.25) is 4.79 Å². The van der Waals surface area contributed by atoms with Gasteiger partial charge in [0.2, 0.25) is 5.91 Å². The Balaban J connectivity index is 1.77. The van der Waals surface area contributed by atoms with Crippen molar-refractivity contribution in [3.05, 3.63) is 65.7 Å². The number of hydrogen-bond donors (Lipinski definition) is 0. The predicted molar refractivity (Wildman–Crippen MR) is 86.6 cm³/mol. The molecule has 0 aromatic heterocycles. The molecule has 0 saturated heterocycles. The Kier molecular flexibility index (Phi) is 3.78. The Morgan fingerprint density at radius 3 is 2.57 bits per heavy atom. The summed E-state index contributed by atoms with van der Waals surface area (Å²) in [5.74, 6) is 0.475. The number of benzene rings is 2. The molecule has 108 valence electrons. The molecule has 2 heteroatoms. The molecular weight excluding hydrogens is 258 g/mol. The molecule has 2 unspecified atom stereocenters. The minimum Gasteiger partial charge on any atom is -0.309 e. The van der Waals surface area contributed by atoms with E-state index in [-0.39, 0.29) is 17.9 Å². The van der Waals surface area contributed by atoms with E-state index in [1.165, 1.54) is 11.1 Å². The maximum atomic E-state index is 12.7. The highest BCUT2D eigenvalue weighted by Gasteiger charge is 2.31. The van der Waals surface area contributed by atoms with Crippen molar-refractivity contribution in [1.82, 2.24) is 0 Å². The molecular formula is C19H21NO. The van der Waals surface area contributed by atoms with Gasteiger partial charge < -0.3 is 4.90 Å². The summed E-state index contributed by atoms with van der Waals surface area (Å²) >= 11 is 0. The van der Waals surface area contributed by atoms with Crippen LogP contribution in [0, 0.1) is 0 Å². The smallest absolute Gasteiger partial charge is 0.227 e. The van der Waals surface area contributed by atoms with Gasteiger partial charge >= 0.3 is 0 Å². The van der Waals surface area contributed by atoms with E-state index in [1.807, 2.05) is 35.2 Å². The molecule has 0 saturated carbocycles. The maximum Gasteiger partial charge on any atom is 0.227 e. The van der Waals surface area contributed by atoms with E-state index < -0.39 is 0 Å². The van der Waals surface area contributed by atoms with E-state index in [0.717, 1.165) is 12.1 Å². The van der Waals surface area contributed by atoms with Gasteiger partial charge in [0, 0.05) is 18.2 Å². The van der Waals surface area contributed by atoms with E-state index >= 15 is 0 Å². The predicted octanol–water partition coefficient (Wildman–Crippen LogP) is 4.16. The van der Waals surface area contributed by atoms with Gasteiger partial charge in [0.05, 0.1) is 0 Å². The number of carbonyl (C=O) groups excluding carboxylic acids is 1. The van der Waals surface area contributed by atoms with Crippen LogP contribution in [0.4, 0.5) is 5.69 Å². The van der Waals surface area contributed by atoms with Crippen molar-refractivity contribution >= 4 is 11.6 Å². The summed E-state index contributed by atoms with van der Waals surface area (Å²) in [5, 5.41) is 0. The van der Waals surface area contributed by atoms with Gasteiger partial charge in [0.25, 0.3) is 0 Å². The molecule has 1 amide bonds. The summed E-state index contributed by atoms with van der Waals surface area (Å²) in [6.45, 7) is 4.25. The SMILES string of the molecule is CC(CC(=O)N1c2ccccc2CC1C)c1ccccc1. The number of hydrogen-bond acceptors (Lipinski definition) is 1. The fourth-order valence-electron chi connectivity index (χ4n) is 3.21. The average molecular weight is 279 g/mol. The highest BCUT2D eigenvalue weighted by atomic mass is 16.2. The van der Waals surface area contributed by atoms with Crippen LogP contribution in [0.3, 0.4) is 0 Å². The third-order valence-corrected chi connectivity index (χ3v) is 4.33. The van der Waals surface area contributed by atoms with Crippen LogP contribution in [-0.2, 0) is 11.2 Å². The summed E-state index contributed by atoms with van der Waals surface area (Å²) in [7, 11) is 0. The summed E-state index contributed by atoms with van der Waals surface area (Å²) in [6, 6.07) is 18.8. The van der Waals surface area contributed by atoms with Crippen molar-refractivity contribution in [2.24, 2.45) is 0 Å². The third kappa shape index (κ3) is 2.71. The second-order valence-corrected chi connectivity index (χ2v) is 5.96. The Morgan fingerprint density at radius 2 is 1.81 bits per heavy atom. The largest absolute Gasteiger partial charge is 0.309 e. The maximum absolute atomic E-state index is 12.7. The first-order valence-corrected chi connectivity index (χ1v) is 7.61. The molecule has 21 heavy (non-hydrogen) atoms. The van der Waals surface area contributed by atoms with Crippen LogP contribution in [0.2, 0.25) is 0 Å². The monoisotopic (exact) mass is 279 g/mol. The number of carbonyl (C=O) groups is 1. The number of amides is 1. The zero-order valence-electron chi connectivity index (χ0n) is 12.6. The van der Waals surface area contributed by atoms with Gasteiger partial charge in [-0.1, -0.05) is 55.5 Å². The van der Waals surface area contributed by atoms with Crippen LogP contribution in [0.5, 0.6) is 0 Å². The lowest BCUT2D eigenvalue weighted by Gasteiger charge is -2.24. The van der Waals surface area contributed by atoms with Crippen LogP contribution in [-0.4, -0.2) is 11.9 Å². The Hall–Kier alpha value is -2.09. The van der Waals surface area contributed by atoms with Crippen molar-refractivity contribution in [3.8, 4) is 0 Å². The lowest BCUT2D eigenvalue weighted by Crippen LogP contribution is -2.36. The van der Waals surface area contributed by atoms with Crippen LogP contribution in [0.1, 0.15) is 37.3 Å². The second-order valence-electron chi connectivity index (χ2n) is 5.96. The Morgan fingerprint density at radius 1 is 1.14 bits per heavy atom. The molecule has 0 bridgehead atoms. The molecule has 2 aromatic rings. The Labute approximate surface area is 126 Å². The van der Waals surface area contributed by atoms with Gasteiger partial charge in [-0.25, -0.2) is 0 Å². The van der Waals surface area contributed by atoms with Crippen LogP contribution < -0.4 is 4.90 Å². The van der Waals surface area contributed by atoms with Gasteiger partial charge in [0.15, 0.2) is 0 Å². The van der Waals surface area contributed by atoms with E-state index in [1.54, 1.807) is 0 Å². The quantitative estimate of drug-likeness (QED) is 0.826. The minimum absolute atomic E-state index is 0.226. The van der Waals surface area contributed by atoms with Crippen LogP contribution >= 0.6 is 0 Å². The van der Waals surface area contributed by atoms with E-state index in [4.69, 9.17) is 0 Å². The first kappa shape index (κ1) is 13.9. The molecule has 2 nitrogen and oxygen atoms in total. The fraction of sp³-hybridized carbons (Fsp3) is 0.316. The molecule has 0 radical (unpaired) electrons. The van der Waals surface area contributed by atoms with Crippen molar-refractivity contribution in [2.75, 3.05) is 4.90 Å². The molecule has 0 spiro atoms. The summed E-state index contributed by atoms with van der Waals surface area (Å²) in [4.78, 5) is 14.7.